The Balaban J connectivity index is 1.27. The molecule has 0 atom stereocenters. The SMILES string of the molecule is COc1ccc(S(=O)(=O)N2CC(NC(=O)Nc3ccc(N4CCOC4=O)cc3)C2)cc1. The Bertz CT molecular complexity index is 1070. The molecule has 2 aromatic carbocycles. The molecule has 2 aliphatic heterocycles. The van der Waals surface area contributed by atoms with Gasteiger partial charge in [-0.1, -0.05) is 0 Å². The zero-order valence-electron chi connectivity index (χ0n) is 16.8. The third kappa shape index (κ3) is 4.42. The number of amides is 3. The van der Waals surface area contributed by atoms with Crippen molar-refractivity contribution in [1.82, 2.24) is 9.62 Å². The van der Waals surface area contributed by atoms with Gasteiger partial charge in [0.25, 0.3) is 0 Å². The number of carbonyl (C=O) groups excluding carboxylic acids is 2. The molecule has 2 fully saturated rings. The van der Waals surface area contributed by atoms with Gasteiger partial charge in [0.05, 0.1) is 24.6 Å². The van der Waals surface area contributed by atoms with Crippen LogP contribution in [0.1, 0.15) is 0 Å². The van der Waals surface area contributed by atoms with Crippen LogP contribution in [-0.2, 0) is 14.8 Å². The number of methoxy groups -OCH3 is 1. The van der Waals surface area contributed by atoms with E-state index >= 15 is 0 Å². The zero-order chi connectivity index (χ0) is 22.0. The van der Waals surface area contributed by atoms with Crippen LogP contribution in [0, 0.1) is 0 Å². The van der Waals surface area contributed by atoms with E-state index in [2.05, 4.69) is 10.6 Å². The van der Waals surface area contributed by atoms with E-state index in [-0.39, 0.29) is 24.0 Å². The Kier molecular flexibility index (Phi) is 5.70. The first-order valence-corrected chi connectivity index (χ1v) is 11.1. The number of anilines is 2. The van der Waals surface area contributed by atoms with E-state index in [1.54, 1.807) is 36.4 Å². The number of hydrogen-bond donors (Lipinski definition) is 2. The maximum absolute atomic E-state index is 12.6. The quantitative estimate of drug-likeness (QED) is 0.699. The standard InChI is InChI=1S/C20H22N4O6S/c1-29-17-6-8-18(9-7-17)31(27,28)23-12-15(13-23)22-19(25)21-14-2-4-16(5-3-14)24-10-11-30-20(24)26/h2-9,15H,10-13H2,1H3,(H2,21,22,25). The van der Waals surface area contributed by atoms with E-state index in [9.17, 15) is 18.0 Å². The van der Waals surface area contributed by atoms with Gasteiger partial charge < -0.3 is 20.1 Å². The summed E-state index contributed by atoms with van der Waals surface area (Å²) in [5, 5.41) is 5.45. The van der Waals surface area contributed by atoms with Crippen LogP contribution in [0.15, 0.2) is 53.4 Å². The molecule has 0 bridgehead atoms. The smallest absolute Gasteiger partial charge is 0.414 e. The molecule has 0 unspecified atom stereocenters. The lowest BCUT2D eigenvalue weighted by Gasteiger charge is -2.38. The van der Waals surface area contributed by atoms with Gasteiger partial charge in [-0.25, -0.2) is 18.0 Å². The number of rotatable bonds is 6. The van der Waals surface area contributed by atoms with Gasteiger partial charge in [0.15, 0.2) is 0 Å². The summed E-state index contributed by atoms with van der Waals surface area (Å²) >= 11 is 0. The van der Waals surface area contributed by atoms with Crippen molar-refractivity contribution in [3.05, 3.63) is 48.5 Å². The summed E-state index contributed by atoms with van der Waals surface area (Å²) in [5.41, 5.74) is 1.24. The van der Waals surface area contributed by atoms with Gasteiger partial charge in [0.2, 0.25) is 10.0 Å². The van der Waals surface area contributed by atoms with Gasteiger partial charge in [-0.05, 0) is 48.5 Å². The minimum Gasteiger partial charge on any atom is -0.497 e. The minimum absolute atomic E-state index is 0.179. The third-order valence-electron chi connectivity index (χ3n) is 5.08. The summed E-state index contributed by atoms with van der Waals surface area (Å²) in [5.74, 6) is 0.576. The molecule has 4 rings (SSSR count). The van der Waals surface area contributed by atoms with Gasteiger partial charge in [0, 0.05) is 24.5 Å². The molecule has 2 aromatic rings. The fourth-order valence-electron chi connectivity index (χ4n) is 3.33. The Morgan fingerprint density at radius 3 is 2.35 bits per heavy atom. The highest BCUT2D eigenvalue weighted by molar-refractivity contribution is 7.89. The van der Waals surface area contributed by atoms with Crippen LogP contribution in [0.25, 0.3) is 0 Å². The van der Waals surface area contributed by atoms with Crippen molar-refractivity contribution in [2.75, 3.05) is 43.6 Å². The predicted octanol–water partition coefficient (Wildman–Crippen LogP) is 1.85. The Morgan fingerprint density at radius 2 is 1.77 bits per heavy atom. The molecule has 3 amide bonds. The molecule has 2 saturated heterocycles. The first kappa shape index (κ1) is 20.9. The van der Waals surface area contributed by atoms with Crippen molar-refractivity contribution in [1.29, 1.82) is 0 Å². The van der Waals surface area contributed by atoms with Crippen LogP contribution < -0.4 is 20.3 Å². The molecule has 31 heavy (non-hydrogen) atoms. The number of nitrogens with zero attached hydrogens (tertiary/aromatic N) is 2. The molecule has 0 radical (unpaired) electrons. The minimum atomic E-state index is -3.61. The summed E-state index contributed by atoms with van der Waals surface area (Å²) in [6, 6.07) is 12.3. The van der Waals surface area contributed by atoms with Crippen molar-refractivity contribution in [2.45, 2.75) is 10.9 Å². The second kappa shape index (κ2) is 8.44. The van der Waals surface area contributed by atoms with Gasteiger partial charge in [0.1, 0.15) is 12.4 Å². The van der Waals surface area contributed by atoms with E-state index in [0.717, 1.165) is 0 Å². The first-order valence-electron chi connectivity index (χ1n) is 9.63. The lowest BCUT2D eigenvalue weighted by molar-refractivity contribution is 0.181. The summed E-state index contributed by atoms with van der Waals surface area (Å²) < 4.78 is 36.5. The number of hydrogen-bond acceptors (Lipinski definition) is 6. The largest absolute Gasteiger partial charge is 0.497 e. The van der Waals surface area contributed by atoms with E-state index in [4.69, 9.17) is 9.47 Å². The average molecular weight is 446 g/mol. The molecule has 2 N–H and O–H groups in total. The maximum atomic E-state index is 12.6. The molecule has 0 aliphatic carbocycles. The van der Waals surface area contributed by atoms with E-state index < -0.39 is 22.1 Å². The number of carbonyl (C=O) groups is 2. The first-order chi connectivity index (χ1) is 14.9. The lowest BCUT2D eigenvalue weighted by Crippen LogP contribution is -2.61. The van der Waals surface area contributed by atoms with Crippen LogP contribution in [0.4, 0.5) is 21.0 Å². The van der Waals surface area contributed by atoms with Gasteiger partial charge in [-0.3, -0.25) is 4.90 Å². The van der Waals surface area contributed by atoms with Crippen molar-refractivity contribution in [2.24, 2.45) is 0 Å². The normalized spacial score (nSPS) is 17.1. The molecule has 11 heteroatoms. The zero-order valence-corrected chi connectivity index (χ0v) is 17.6. The van der Waals surface area contributed by atoms with Gasteiger partial charge in [-0.15, -0.1) is 0 Å². The maximum Gasteiger partial charge on any atom is 0.414 e. The molecular formula is C20H22N4O6S. The second-order valence-electron chi connectivity index (χ2n) is 7.11. The van der Waals surface area contributed by atoms with Crippen LogP contribution in [0.2, 0.25) is 0 Å². The predicted molar refractivity (Wildman–Crippen MR) is 113 cm³/mol. The number of cyclic esters (lactones) is 1. The fourth-order valence-corrected chi connectivity index (χ4v) is 4.86. The molecular weight excluding hydrogens is 424 g/mol. The summed E-state index contributed by atoms with van der Waals surface area (Å²) in [6.45, 7) is 1.23. The number of nitrogens with one attached hydrogen (secondary N) is 2. The molecule has 0 aromatic heterocycles. The number of urea groups is 1. The van der Waals surface area contributed by atoms with Crippen LogP contribution >= 0.6 is 0 Å². The number of ether oxygens (including phenoxy) is 2. The second-order valence-corrected chi connectivity index (χ2v) is 9.04. The van der Waals surface area contributed by atoms with Gasteiger partial charge in [-0.2, -0.15) is 4.31 Å². The molecule has 0 spiro atoms. The highest BCUT2D eigenvalue weighted by atomic mass is 32.2. The number of benzene rings is 2. The van der Waals surface area contributed by atoms with E-state index in [1.165, 1.54) is 28.4 Å². The molecule has 2 aliphatic rings. The Morgan fingerprint density at radius 1 is 1.10 bits per heavy atom. The van der Waals surface area contributed by atoms with Crippen molar-refractivity contribution in [3.63, 3.8) is 0 Å². The fraction of sp³-hybridized carbons (Fsp3) is 0.300. The Hall–Kier alpha value is -3.31. The summed E-state index contributed by atoms with van der Waals surface area (Å²) in [7, 11) is -2.10. The summed E-state index contributed by atoms with van der Waals surface area (Å²) in [6.07, 6.45) is -0.391. The topological polar surface area (TPSA) is 117 Å². The van der Waals surface area contributed by atoms with Crippen molar-refractivity contribution in [3.8, 4) is 5.75 Å². The van der Waals surface area contributed by atoms with Crippen LogP contribution in [-0.4, -0.2) is 64.2 Å². The molecule has 10 nitrogen and oxygen atoms in total. The average Bonchev–Trinajstić information content (AvgIpc) is 3.16. The molecule has 164 valence electrons. The monoisotopic (exact) mass is 446 g/mol. The molecule has 2 heterocycles. The van der Waals surface area contributed by atoms with E-state index in [0.29, 0.717) is 30.3 Å². The van der Waals surface area contributed by atoms with Crippen LogP contribution in [0.5, 0.6) is 5.75 Å². The summed E-state index contributed by atoms with van der Waals surface area (Å²) in [4.78, 5) is 25.5. The third-order valence-corrected chi connectivity index (χ3v) is 6.92. The highest BCUT2D eigenvalue weighted by Crippen LogP contribution is 2.24. The van der Waals surface area contributed by atoms with Gasteiger partial charge >= 0.3 is 12.1 Å². The van der Waals surface area contributed by atoms with Crippen molar-refractivity contribution < 1.29 is 27.5 Å². The van der Waals surface area contributed by atoms with Crippen LogP contribution in [0.3, 0.4) is 0 Å². The highest BCUT2D eigenvalue weighted by Gasteiger charge is 2.37. The van der Waals surface area contributed by atoms with E-state index in [1.807, 2.05) is 0 Å². The number of sulfonamides is 1. The van der Waals surface area contributed by atoms with Crippen molar-refractivity contribution >= 4 is 33.5 Å². The lowest BCUT2D eigenvalue weighted by atomic mass is 10.2. The Labute approximate surface area is 179 Å². The molecule has 0 saturated carbocycles.